The third-order valence-corrected chi connectivity index (χ3v) is 6.99. The van der Waals surface area contributed by atoms with E-state index in [1.165, 1.54) is 53.9 Å². The summed E-state index contributed by atoms with van der Waals surface area (Å²) in [7, 11) is 0. The van der Waals surface area contributed by atoms with Crippen molar-refractivity contribution in [2.75, 3.05) is 59.0 Å². The summed E-state index contributed by atoms with van der Waals surface area (Å²) in [6, 6.07) is 6.65. The molecule has 2 N–H and O–H groups in total. The molecule has 154 valence electrons. The van der Waals surface area contributed by atoms with Crippen LogP contribution in [-0.4, -0.2) is 83.8 Å². The highest BCUT2D eigenvalue weighted by Gasteiger charge is 2.34. The maximum atomic E-state index is 9.97. The first-order chi connectivity index (χ1) is 13.6. The molecule has 4 rings (SSSR count). The van der Waals surface area contributed by atoms with Gasteiger partial charge in [0.15, 0.2) is 0 Å². The predicted octanol–water partition coefficient (Wildman–Crippen LogP) is 2.46. The van der Waals surface area contributed by atoms with Gasteiger partial charge in [0.05, 0.1) is 0 Å². The number of nitrogens with zero attached hydrogens (tertiary/aromatic N) is 3. The highest BCUT2D eigenvalue weighted by molar-refractivity contribution is 5.85. The molecule has 0 bridgehead atoms. The van der Waals surface area contributed by atoms with Gasteiger partial charge in [0.25, 0.3) is 0 Å². The molecule has 2 saturated heterocycles. The van der Waals surface area contributed by atoms with E-state index in [0.717, 1.165) is 32.7 Å². The predicted molar refractivity (Wildman–Crippen MR) is 116 cm³/mol. The van der Waals surface area contributed by atoms with Crippen molar-refractivity contribution in [1.29, 1.82) is 0 Å². The highest BCUT2D eigenvalue weighted by atomic mass is 16.3. The second-order valence-corrected chi connectivity index (χ2v) is 8.91. The van der Waals surface area contributed by atoms with Gasteiger partial charge in [0.2, 0.25) is 0 Å². The average Bonchev–Trinajstić information content (AvgIpc) is 3.23. The number of H-pyrrole nitrogens is 1. The lowest BCUT2D eigenvalue weighted by Gasteiger charge is -2.36. The molecule has 2 fully saturated rings. The Balaban J connectivity index is 1.39. The zero-order chi connectivity index (χ0) is 19.7. The Kier molecular flexibility index (Phi) is 6.07. The minimum Gasteiger partial charge on any atom is -0.396 e. The number of likely N-dealkylation sites (tertiary alicyclic amines) is 1. The largest absolute Gasteiger partial charge is 0.396 e. The van der Waals surface area contributed by atoms with Crippen molar-refractivity contribution < 1.29 is 5.11 Å². The summed E-state index contributed by atoms with van der Waals surface area (Å²) in [6.45, 7) is 17.0. The van der Waals surface area contributed by atoms with E-state index in [1.54, 1.807) is 0 Å². The monoisotopic (exact) mass is 384 g/mol. The van der Waals surface area contributed by atoms with Gasteiger partial charge in [-0.05, 0) is 49.9 Å². The van der Waals surface area contributed by atoms with E-state index in [2.05, 4.69) is 58.7 Å². The fourth-order valence-corrected chi connectivity index (χ4v) is 5.08. The molecule has 2 aliphatic heterocycles. The van der Waals surface area contributed by atoms with Crippen LogP contribution < -0.4 is 0 Å². The third-order valence-electron chi connectivity index (χ3n) is 6.99. The number of likely N-dealkylation sites (N-methyl/N-ethyl adjacent to an activating group) is 1. The Morgan fingerprint density at radius 2 is 1.71 bits per heavy atom. The Hall–Kier alpha value is -1.40. The Labute approximate surface area is 169 Å². The van der Waals surface area contributed by atoms with E-state index in [9.17, 15) is 5.11 Å². The van der Waals surface area contributed by atoms with Crippen LogP contribution in [0.25, 0.3) is 10.9 Å². The summed E-state index contributed by atoms with van der Waals surface area (Å²) in [5.41, 5.74) is 5.25. The molecule has 0 spiro atoms. The van der Waals surface area contributed by atoms with Crippen molar-refractivity contribution in [3.63, 3.8) is 0 Å². The molecule has 1 aromatic heterocycles. The van der Waals surface area contributed by atoms with E-state index in [4.69, 9.17) is 0 Å². The van der Waals surface area contributed by atoms with Gasteiger partial charge in [-0.2, -0.15) is 0 Å². The lowest BCUT2D eigenvalue weighted by atomic mass is 9.96. The molecule has 2 aliphatic rings. The number of nitrogens with one attached hydrogen (secondary N) is 1. The maximum Gasteiger partial charge on any atom is 0.0475 e. The Morgan fingerprint density at radius 3 is 2.43 bits per heavy atom. The molecule has 2 aromatic rings. The van der Waals surface area contributed by atoms with Crippen LogP contribution in [-0.2, 0) is 6.54 Å². The lowest BCUT2D eigenvalue weighted by molar-refractivity contribution is 0.106. The summed E-state index contributed by atoms with van der Waals surface area (Å²) in [4.78, 5) is 11.3. The van der Waals surface area contributed by atoms with Crippen LogP contribution in [0.4, 0.5) is 0 Å². The van der Waals surface area contributed by atoms with E-state index in [1.807, 2.05) is 0 Å². The van der Waals surface area contributed by atoms with Crippen molar-refractivity contribution in [3.8, 4) is 0 Å². The second kappa shape index (κ2) is 8.54. The third kappa shape index (κ3) is 4.13. The van der Waals surface area contributed by atoms with Gasteiger partial charge in [-0.1, -0.05) is 18.6 Å². The number of piperazine rings is 1. The molecule has 1 aromatic carbocycles. The quantitative estimate of drug-likeness (QED) is 0.803. The molecule has 5 heteroatoms. The van der Waals surface area contributed by atoms with Crippen molar-refractivity contribution >= 4 is 10.9 Å². The van der Waals surface area contributed by atoms with Crippen LogP contribution in [0.15, 0.2) is 18.2 Å². The number of fused-ring (bicyclic) bond motifs is 1. The number of aliphatic hydroxyl groups excluding tert-OH is 1. The molecule has 0 unspecified atom stereocenters. The second-order valence-electron chi connectivity index (χ2n) is 8.91. The van der Waals surface area contributed by atoms with E-state index in [-0.39, 0.29) is 0 Å². The van der Waals surface area contributed by atoms with Crippen LogP contribution in [0.1, 0.15) is 23.7 Å². The van der Waals surface area contributed by atoms with Gasteiger partial charge >= 0.3 is 0 Å². The van der Waals surface area contributed by atoms with E-state index >= 15 is 0 Å². The van der Waals surface area contributed by atoms with Crippen LogP contribution in [0.5, 0.6) is 0 Å². The molecule has 0 radical (unpaired) electrons. The number of aryl methyl sites for hydroxylation is 2. The maximum absolute atomic E-state index is 9.97. The normalized spacial score (nSPS) is 25.1. The smallest absolute Gasteiger partial charge is 0.0475 e. The van der Waals surface area contributed by atoms with Crippen LogP contribution in [0.2, 0.25) is 0 Å². The first kappa shape index (κ1) is 19.9. The van der Waals surface area contributed by atoms with Gasteiger partial charge in [-0.25, -0.2) is 0 Å². The Bertz CT molecular complexity index is 793. The number of benzene rings is 1. The first-order valence-electron chi connectivity index (χ1n) is 10.9. The van der Waals surface area contributed by atoms with Crippen LogP contribution in [0, 0.1) is 25.7 Å². The number of aliphatic hydroxyl groups is 1. The molecule has 28 heavy (non-hydrogen) atoms. The van der Waals surface area contributed by atoms with Crippen LogP contribution in [0.3, 0.4) is 0 Å². The van der Waals surface area contributed by atoms with Crippen molar-refractivity contribution in [3.05, 3.63) is 35.0 Å². The SMILES string of the molecule is CCN1CCN(C[C@@H]2CN(Cc3[nH]c4ccc(C)cc4c3C)C[C@@H]2CO)CC1. The van der Waals surface area contributed by atoms with Gasteiger partial charge in [-0.3, -0.25) is 4.90 Å². The van der Waals surface area contributed by atoms with E-state index in [0.29, 0.717) is 18.4 Å². The molecular formula is C23H36N4O. The van der Waals surface area contributed by atoms with Crippen LogP contribution >= 0.6 is 0 Å². The van der Waals surface area contributed by atoms with Crippen molar-refractivity contribution in [1.82, 2.24) is 19.7 Å². The number of rotatable bonds is 6. The summed E-state index contributed by atoms with van der Waals surface area (Å²) in [5.74, 6) is 0.973. The fraction of sp³-hybridized carbons (Fsp3) is 0.652. The molecule has 0 aliphatic carbocycles. The molecule has 2 atom stereocenters. The zero-order valence-electron chi connectivity index (χ0n) is 17.7. The molecule has 5 nitrogen and oxygen atoms in total. The molecule has 0 saturated carbocycles. The van der Waals surface area contributed by atoms with Gasteiger partial charge in [0.1, 0.15) is 0 Å². The summed E-state index contributed by atoms with van der Waals surface area (Å²) >= 11 is 0. The van der Waals surface area contributed by atoms with Crippen molar-refractivity contribution in [2.45, 2.75) is 27.3 Å². The summed E-state index contributed by atoms with van der Waals surface area (Å²) in [6.07, 6.45) is 0. The Morgan fingerprint density at radius 1 is 1.00 bits per heavy atom. The number of aromatic nitrogens is 1. The van der Waals surface area contributed by atoms with Crippen molar-refractivity contribution in [2.24, 2.45) is 11.8 Å². The standard InChI is InChI=1S/C23H36N4O/c1-4-25-7-9-26(10-8-25)12-19-13-27(14-20(19)16-28)15-23-18(3)21-11-17(2)5-6-22(21)24-23/h5-6,11,19-20,24,28H,4,7-10,12-16H2,1-3H3/t19-,20-/m1/s1. The number of aromatic amines is 1. The summed E-state index contributed by atoms with van der Waals surface area (Å²) < 4.78 is 0. The average molecular weight is 385 g/mol. The summed E-state index contributed by atoms with van der Waals surface area (Å²) in [5, 5.41) is 11.3. The van der Waals surface area contributed by atoms with Gasteiger partial charge < -0.3 is 19.9 Å². The number of hydrogen-bond donors (Lipinski definition) is 2. The van der Waals surface area contributed by atoms with Gasteiger partial charge in [-0.15, -0.1) is 0 Å². The molecule has 0 amide bonds. The fourth-order valence-electron chi connectivity index (χ4n) is 5.08. The zero-order valence-corrected chi connectivity index (χ0v) is 17.7. The topological polar surface area (TPSA) is 45.7 Å². The number of hydrogen-bond acceptors (Lipinski definition) is 4. The highest BCUT2D eigenvalue weighted by Crippen LogP contribution is 2.29. The molecule has 3 heterocycles. The minimum atomic E-state index is 0.307. The molecular weight excluding hydrogens is 348 g/mol. The van der Waals surface area contributed by atoms with E-state index < -0.39 is 0 Å². The van der Waals surface area contributed by atoms with Gasteiger partial charge in [0, 0.05) is 75.6 Å². The lowest BCUT2D eigenvalue weighted by Crippen LogP contribution is -2.48. The first-order valence-corrected chi connectivity index (χ1v) is 10.9. The minimum absolute atomic E-state index is 0.307.